The van der Waals surface area contributed by atoms with Gasteiger partial charge in [-0.3, -0.25) is 4.79 Å². The van der Waals surface area contributed by atoms with Crippen molar-refractivity contribution in [2.24, 2.45) is 0 Å². The number of likely N-dealkylation sites (N-methyl/N-ethyl adjacent to an activating group) is 1. The number of anilines is 1. The Balaban J connectivity index is 2.79. The van der Waals surface area contributed by atoms with Crippen LogP contribution in [0.3, 0.4) is 0 Å². The van der Waals surface area contributed by atoms with E-state index in [-0.39, 0.29) is 17.1 Å². The minimum atomic E-state index is -0.323. The fourth-order valence-corrected chi connectivity index (χ4v) is 2.11. The quantitative estimate of drug-likeness (QED) is 0.543. The molecule has 1 amide bonds. The first kappa shape index (κ1) is 11.4. The Bertz CT molecular complexity index is 618. The smallest absolute Gasteiger partial charge is 0.260 e. The number of hydrogen-bond acceptors (Lipinski definition) is 3. The Kier molecular flexibility index (Phi) is 2.71. The minimum Gasteiger partial charge on any atom is -0.311 e. The van der Waals surface area contributed by atoms with Crippen molar-refractivity contribution < 1.29 is 4.79 Å². The molecule has 0 spiro atoms. The van der Waals surface area contributed by atoms with Gasteiger partial charge in [-0.1, -0.05) is 22.0 Å². The molecule has 0 saturated carbocycles. The summed E-state index contributed by atoms with van der Waals surface area (Å²) in [4.78, 5) is 13.4. The zero-order valence-corrected chi connectivity index (χ0v) is 10.4. The Morgan fingerprint density at radius 1 is 1.35 bits per heavy atom. The molecule has 0 atom stereocenters. The summed E-state index contributed by atoms with van der Waals surface area (Å²) in [6.07, 6.45) is 0. The van der Waals surface area contributed by atoms with E-state index in [2.05, 4.69) is 15.9 Å². The molecule has 2 rings (SSSR count). The molecule has 0 unspecified atom stereocenters. The fraction of sp³-hybridized carbons (Fsp3) is 0.0833. The van der Waals surface area contributed by atoms with Crippen molar-refractivity contribution in [3.8, 4) is 12.1 Å². The average Bonchev–Trinajstić information content (AvgIpc) is 2.56. The van der Waals surface area contributed by atoms with E-state index in [4.69, 9.17) is 10.5 Å². The normalized spacial score (nSPS) is 13.1. The zero-order chi connectivity index (χ0) is 12.6. The zero-order valence-electron chi connectivity index (χ0n) is 8.86. The molecular weight excluding hydrogens is 282 g/mol. The molecule has 1 heterocycles. The third kappa shape index (κ3) is 1.61. The van der Waals surface area contributed by atoms with Crippen molar-refractivity contribution >= 4 is 33.1 Å². The molecule has 0 N–H and O–H groups in total. The molecule has 1 aliphatic heterocycles. The van der Waals surface area contributed by atoms with Crippen LogP contribution in [0.1, 0.15) is 5.56 Å². The molecule has 0 saturated heterocycles. The van der Waals surface area contributed by atoms with E-state index >= 15 is 0 Å². The van der Waals surface area contributed by atoms with E-state index in [1.54, 1.807) is 37.4 Å². The highest BCUT2D eigenvalue weighted by Crippen LogP contribution is 2.38. The number of rotatable bonds is 0. The van der Waals surface area contributed by atoms with E-state index in [0.717, 1.165) is 4.47 Å². The monoisotopic (exact) mass is 287 g/mol. The van der Waals surface area contributed by atoms with Gasteiger partial charge in [-0.25, -0.2) is 0 Å². The molecule has 0 fully saturated rings. The van der Waals surface area contributed by atoms with E-state index < -0.39 is 0 Å². The number of halogens is 1. The second-order valence-electron chi connectivity index (χ2n) is 3.50. The lowest BCUT2D eigenvalue weighted by molar-refractivity contribution is -0.112. The van der Waals surface area contributed by atoms with Crippen LogP contribution in [-0.2, 0) is 4.79 Å². The van der Waals surface area contributed by atoms with Crippen LogP contribution < -0.4 is 4.90 Å². The van der Waals surface area contributed by atoms with Crippen LogP contribution in [-0.4, -0.2) is 13.0 Å². The minimum absolute atomic E-state index is 0.150. The molecule has 0 aromatic heterocycles. The van der Waals surface area contributed by atoms with Crippen molar-refractivity contribution in [3.05, 3.63) is 33.8 Å². The lowest BCUT2D eigenvalue weighted by Gasteiger charge is -2.08. The molecule has 1 aromatic carbocycles. The van der Waals surface area contributed by atoms with Crippen molar-refractivity contribution in [1.29, 1.82) is 10.5 Å². The SMILES string of the molecule is CN1C(=O)C(=C(C#N)C#N)c2ccc(Br)cc21. The first-order chi connectivity index (χ1) is 8.10. The molecule has 1 aliphatic rings. The van der Waals surface area contributed by atoms with Crippen LogP contribution in [0.5, 0.6) is 0 Å². The van der Waals surface area contributed by atoms with Gasteiger partial charge in [0.1, 0.15) is 17.7 Å². The number of fused-ring (bicyclic) bond motifs is 1. The number of carbonyl (C=O) groups excluding carboxylic acids is 1. The van der Waals surface area contributed by atoms with Crippen molar-refractivity contribution in [3.63, 3.8) is 0 Å². The number of nitriles is 2. The van der Waals surface area contributed by atoms with E-state index in [1.165, 1.54) is 4.90 Å². The summed E-state index contributed by atoms with van der Waals surface area (Å²) in [5, 5.41) is 17.7. The first-order valence-electron chi connectivity index (χ1n) is 4.72. The van der Waals surface area contributed by atoms with Crippen LogP contribution in [0.15, 0.2) is 28.2 Å². The molecule has 0 aliphatic carbocycles. The third-order valence-electron chi connectivity index (χ3n) is 2.58. The van der Waals surface area contributed by atoms with Gasteiger partial charge in [-0.15, -0.1) is 0 Å². The predicted molar refractivity (Wildman–Crippen MR) is 65.7 cm³/mol. The second-order valence-corrected chi connectivity index (χ2v) is 4.41. The molecule has 1 aromatic rings. The molecule has 0 radical (unpaired) electrons. The van der Waals surface area contributed by atoms with E-state index in [9.17, 15) is 4.79 Å². The first-order valence-corrected chi connectivity index (χ1v) is 5.52. The highest BCUT2D eigenvalue weighted by molar-refractivity contribution is 9.10. The second kappa shape index (κ2) is 4.04. The van der Waals surface area contributed by atoms with Gasteiger partial charge in [0.25, 0.3) is 5.91 Å². The largest absolute Gasteiger partial charge is 0.311 e. The number of amides is 1. The average molecular weight is 288 g/mol. The van der Waals surface area contributed by atoms with Gasteiger partial charge in [-0.05, 0) is 12.1 Å². The molecular formula is C12H6BrN3O. The Morgan fingerprint density at radius 2 is 2.00 bits per heavy atom. The fourth-order valence-electron chi connectivity index (χ4n) is 1.76. The van der Waals surface area contributed by atoms with E-state index in [0.29, 0.717) is 11.3 Å². The van der Waals surface area contributed by atoms with Gasteiger partial charge in [0, 0.05) is 17.1 Å². The summed E-state index contributed by atoms with van der Waals surface area (Å²) in [5.41, 5.74) is 1.35. The van der Waals surface area contributed by atoms with Crippen LogP contribution in [0.25, 0.3) is 5.57 Å². The van der Waals surface area contributed by atoms with Gasteiger partial charge >= 0.3 is 0 Å². The molecule has 4 nitrogen and oxygen atoms in total. The van der Waals surface area contributed by atoms with Crippen LogP contribution in [0.2, 0.25) is 0 Å². The Hall–Kier alpha value is -2.11. The lowest BCUT2D eigenvalue weighted by Crippen LogP contribution is -2.20. The van der Waals surface area contributed by atoms with Gasteiger partial charge in [0.2, 0.25) is 0 Å². The standard InChI is InChI=1S/C12H6BrN3O/c1-16-10-4-8(13)2-3-9(10)11(12(16)17)7(5-14)6-15/h2-4H,1H3. The number of allylic oxidation sites excluding steroid dienone is 1. The van der Waals surface area contributed by atoms with Crippen molar-refractivity contribution in [2.75, 3.05) is 11.9 Å². The molecule has 17 heavy (non-hydrogen) atoms. The van der Waals surface area contributed by atoms with Gasteiger partial charge in [-0.2, -0.15) is 10.5 Å². The number of nitrogens with zero attached hydrogens (tertiary/aromatic N) is 3. The summed E-state index contributed by atoms with van der Waals surface area (Å²) in [7, 11) is 1.62. The van der Waals surface area contributed by atoms with Crippen molar-refractivity contribution in [2.45, 2.75) is 0 Å². The third-order valence-corrected chi connectivity index (χ3v) is 3.08. The highest BCUT2D eigenvalue weighted by Gasteiger charge is 2.32. The number of carbonyl (C=O) groups is 1. The lowest BCUT2D eigenvalue weighted by atomic mass is 10.0. The van der Waals surface area contributed by atoms with E-state index in [1.807, 2.05) is 0 Å². The van der Waals surface area contributed by atoms with Crippen LogP contribution in [0.4, 0.5) is 5.69 Å². The van der Waals surface area contributed by atoms with Gasteiger partial charge in [0.15, 0.2) is 0 Å². The summed E-state index contributed by atoms with van der Waals surface area (Å²) >= 11 is 3.32. The van der Waals surface area contributed by atoms with Gasteiger partial charge < -0.3 is 4.90 Å². The summed E-state index contributed by atoms with van der Waals surface area (Å²) in [6, 6.07) is 8.81. The topological polar surface area (TPSA) is 67.9 Å². The van der Waals surface area contributed by atoms with Crippen molar-refractivity contribution in [1.82, 2.24) is 0 Å². The summed E-state index contributed by atoms with van der Waals surface area (Å²) < 4.78 is 0.840. The van der Waals surface area contributed by atoms with Crippen LogP contribution >= 0.6 is 15.9 Å². The van der Waals surface area contributed by atoms with Crippen LogP contribution in [0, 0.1) is 22.7 Å². The van der Waals surface area contributed by atoms with Gasteiger partial charge in [0.05, 0.1) is 11.3 Å². The number of benzene rings is 1. The maximum Gasteiger partial charge on any atom is 0.260 e. The predicted octanol–water partition coefficient (Wildman–Crippen LogP) is 2.23. The Morgan fingerprint density at radius 3 is 2.59 bits per heavy atom. The highest BCUT2D eigenvalue weighted by atomic mass is 79.9. The maximum absolute atomic E-state index is 12.0. The summed E-state index contributed by atoms with van der Waals surface area (Å²) in [6.45, 7) is 0. The molecule has 5 heteroatoms. The number of hydrogen-bond donors (Lipinski definition) is 0. The summed E-state index contributed by atoms with van der Waals surface area (Å²) in [5.74, 6) is -0.323. The molecule has 82 valence electrons. The Labute approximate surface area is 106 Å². The molecule has 0 bridgehead atoms. The maximum atomic E-state index is 12.0.